The summed E-state index contributed by atoms with van der Waals surface area (Å²) in [6.07, 6.45) is 1.55. The third kappa shape index (κ3) is 4.02. The van der Waals surface area contributed by atoms with Crippen LogP contribution in [0.2, 0.25) is 0 Å². The molecule has 1 atom stereocenters. The fraction of sp³-hybridized carbons (Fsp3) is 0.167. The number of hydrogen-bond acceptors (Lipinski definition) is 4. The average Bonchev–Trinajstić information content (AvgIpc) is 3.24. The van der Waals surface area contributed by atoms with Crippen molar-refractivity contribution in [1.82, 2.24) is 5.32 Å². The van der Waals surface area contributed by atoms with Gasteiger partial charge in [0.25, 0.3) is 5.91 Å². The highest BCUT2D eigenvalue weighted by Gasteiger charge is 2.14. The Morgan fingerprint density at radius 1 is 1.12 bits per heavy atom. The second-order valence-electron chi connectivity index (χ2n) is 5.33. The number of aryl methyl sites for hydroxylation is 1. The van der Waals surface area contributed by atoms with Gasteiger partial charge in [-0.2, -0.15) is 0 Å². The van der Waals surface area contributed by atoms with Gasteiger partial charge in [0.2, 0.25) is 0 Å². The number of furan rings is 2. The van der Waals surface area contributed by atoms with Gasteiger partial charge in [-0.3, -0.25) is 9.00 Å². The van der Waals surface area contributed by atoms with Crippen LogP contribution in [0, 0.1) is 6.92 Å². The van der Waals surface area contributed by atoms with E-state index in [0.29, 0.717) is 11.5 Å². The summed E-state index contributed by atoms with van der Waals surface area (Å²) in [4.78, 5) is 12.8. The number of hydrogen-bond donors (Lipinski definition) is 1. The maximum Gasteiger partial charge on any atom is 0.287 e. The Kier molecular flexibility index (Phi) is 4.96. The topological polar surface area (TPSA) is 72.5 Å². The van der Waals surface area contributed by atoms with Gasteiger partial charge < -0.3 is 14.2 Å². The maximum absolute atomic E-state index is 12.4. The van der Waals surface area contributed by atoms with E-state index >= 15 is 0 Å². The summed E-state index contributed by atoms with van der Waals surface area (Å²) in [5, 5.41) is 2.70. The van der Waals surface area contributed by atoms with Gasteiger partial charge in [-0.1, -0.05) is 12.1 Å². The van der Waals surface area contributed by atoms with E-state index in [9.17, 15) is 9.00 Å². The van der Waals surface area contributed by atoms with E-state index in [4.69, 9.17) is 8.83 Å². The predicted octanol–water partition coefficient (Wildman–Crippen LogP) is 3.42. The van der Waals surface area contributed by atoms with Gasteiger partial charge in [-0.15, -0.1) is 0 Å². The zero-order chi connectivity index (χ0) is 16.9. The summed E-state index contributed by atoms with van der Waals surface area (Å²) < 4.78 is 23.0. The lowest BCUT2D eigenvalue weighted by molar-refractivity contribution is 0.0919. The highest BCUT2D eigenvalue weighted by molar-refractivity contribution is 7.84. The van der Waals surface area contributed by atoms with E-state index in [2.05, 4.69) is 5.32 Å². The van der Waals surface area contributed by atoms with Crippen LogP contribution in [0.1, 0.15) is 27.6 Å². The Bertz CT molecular complexity index is 852. The van der Waals surface area contributed by atoms with Crippen molar-refractivity contribution < 1.29 is 17.8 Å². The van der Waals surface area contributed by atoms with E-state index in [-0.39, 0.29) is 24.0 Å². The number of amides is 1. The van der Waals surface area contributed by atoms with Crippen molar-refractivity contribution in [3.05, 3.63) is 77.6 Å². The van der Waals surface area contributed by atoms with Crippen LogP contribution >= 0.6 is 0 Å². The molecule has 3 aromatic rings. The number of benzene rings is 1. The van der Waals surface area contributed by atoms with Gasteiger partial charge in [0, 0.05) is 4.90 Å². The SMILES string of the molecule is Cc1cccc([S@@](=O)Cc2ccc(C(=O)NCc3ccco3)o2)c1. The Balaban J connectivity index is 1.60. The molecular weight excluding hydrogens is 326 g/mol. The smallest absolute Gasteiger partial charge is 0.287 e. The highest BCUT2D eigenvalue weighted by atomic mass is 32.2. The summed E-state index contributed by atoms with van der Waals surface area (Å²) in [6, 6.07) is 14.3. The van der Waals surface area contributed by atoms with E-state index in [0.717, 1.165) is 10.5 Å². The third-order valence-corrected chi connectivity index (χ3v) is 4.74. The molecule has 0 spiro atoms. The lowest BCUT2D eigenvalue weighted by Crippen LogP contribution is -2.21. The number of nitrogens with one attached hydrogen (secondary N) is 1. The molecule has 1 N–H and O–H groups in total. The fourth-order valence-electron chi connectivity index (χ4n) is 2.21. The van der Waals surface area contributed by atoms with Gasteiger partial charge in [0.15, 0.2) is 5.76 Å². The van der Waals surface area contributed by atoms with Gasteiger partial charge in [-0.05, 0) is 48.9 Å². The largest absolute Gasteiger partial charge is 0.467 e. The summed E-state index contributed by atoms with van der Waals surface area (Å²) in [7, 11) is -1.21. The van der Waals surface area contributed by atoms with Crippen molar-refractivity contribution in [3.8, 4) is 0 Å². The Morgan fingerprint density at radius 2 is 2.00 bits per heavy atom. The first kappa shape index (κ1) is 16.3. The molecule has 0 saturated carbocycles. The first-order chi connectivity index (χ1) is 11.6. The molecule has 0 radical (unpaired) electrons. The molecule has 0 fully saturated rings. The van der Waals surface area contributed by atoms with Crippen molar-refractivity contribution in [2.75, 3.05) is 0 Å². The van der Waals surface area contributed by atoms with E-state index in [1.807, 2.05) is 31.2 Å². The molecule has 0 aliphatic heterocycles. The molecule has 0 unspecified atom stereocenters. The van der Waals surface area contributed by atoms with Crippen molar-refractivity contribution >= 4 is 16.7 Å². The Hall–Kier alpha value is -2.60. The van der Waals surface area contributed by atoms with Crippen LogP contribution in [0.5, 0.6) is 0 Å². The molecule has 0 aliphatic carbocycles. The molecular formula is C18H17NO4S. The second-order valence-corrected chi connectivity index (χ2v) is 6.79. The highest BCUT2D eigenvalue weighted by Crippen LogP contribution is 2.16. The van der Waals surface area contributed by atoms with Crippen molar-refractivity contribution in [1.29, 1.82) is 0 Å². The first-order valence-electron chi connectivity index (χ1n) is 7.46. The lowest BCUT2D eigenvalue weighted by Gasteiger charge is -2.02. The van der Waals surface area contributed by atoms with Gasteiger partial charge in [-0.25, -0.2) is 0 Å². The molecule has 2 heterocycles. The number of carbonyl (C=O) groups is 1. The van der Waals surface area contributed by atoms with Crippen LogP contribution in [-0.4, -0.2) is 10.1 Å². The molecule has 1 amide bonds. The zero-order valence-corrected chi connectivity index (χ0v) is 14.0. The monoisotopic (exact) mass is 343 g/mol. The molecule has 6 heteroatoms. The molecule has 124 valence electrons. The van der Waals surface area contributed by atoms with Crippen LogP contribution < -0.4 is 5.32 Å². The summed E-state index contributed by atoms with van der Waals surface area (Å²) in [5.74, 6) is 1.26. The number of carbonyl (C=O) groups excluding carboxylic acids is 1. The minimum absolute atomic E-state index is 0.192. The quantitative estimate of drug-likeness (QED) is 0.744. The van der Waals surface area contributed by atoms with Crippen LogP contribution in [-0.2, 0) is 23.1 Å². The van der Waals surface area contributed by atoms with Crippen LogP contribution in [0.3, 0.4) is 0 Å². The van der Waals surface area contributed by atoms with Crippen LogP contribution in [0.25, 0.3) is 0 Å². The van der Waals surface area contributed by atoms with Crippen molar-refractivity contribution in [2.24, 2.45) is 0 Å². The molecule has 24 heavy (non-hydrogen) atoms. The first-order valence-corrected chi connectivity index (χ1v) is 8.78. The van der Waals surface area contributed by atoms with E-state index < -0.39 is 10.8 Å². The average molecular weight is 343 g/mol. The molecule has 3 rings (SSSR count). The number of rotatable bonds is 6. The molecule has 5 nitrogen and oxygen atoms in total. The molecule has 0 saturated heterocycles. The minimum atomic E-state index is -1.21. The Labute approximate surface area is 142 Å². The van der Waals surface area contributed by atoms with Gasteiger partial charge in [0.1, 0.15) is 11.5 Å². The summed E-state index contributed by atoms with van der Waals surface area (Å²) >= 11 is 0. The standard InChI is InChI=1S/C18H17NO4S/c1-13-4-2-6-16(10-13)24(21)12-15-7-8-17(23-15)18(20)19-11-14-5-3-9-22-14/h2-10H,11-12H2,1H3,(H,19,20)/t24-/m0/s1. The summed E-state index contributed by atoms with van der Waals surface area (Å²) in [6.45, 7) is 2.24. The molecule has 2 aromatic heterocycles. The van der Waals surface area contributed by atoms with Gasteiger partial charge in [0.05, 0.1) is 29.4 Å². The fourth-order valence-corrected chi connectivity index (χ4v) is 3.34. The zero-order valence-electron chi connectivity index (χ0n) is 13.2. The van der Waals surface area contributed by atoms with E-state index in [1.165, 1.54) is 0 Å². The normalized spacial score (nSPS) is 12.0. The van der Waals surface area contributed by atoms with Crippen LogP contribution in [0.4, 0.5) is 0 Å². The van der Waals surface area contributed by atoms with Crippen molar-refractivity contribution in [2.45, 2.75) is 24.1 Å². The van der Waals surface area contributed by atoms with Gasteiger partial charge >= 0.3 is 0 Å². The second kappa shape index (κ2) is 7.31. The predicted molar refractivity (Wildman–Crippen MR) is 89.9 cm³/mol. The van der Waals surface area contributed by atoms with Crippen molar-refractivity contribution in [3.63, 3.8) is 0 Å². The molecule has 1 aromatic carbocycles. The summed E-state index contributed by atoms with van der Waals surface area (Å²) in [5.41, 5.74) is 1.05. The maximum atomic E-state index is 12.4. The molecule has 0 aliphatic rings. The Morgan fingerprint density at radius 3 is 2.75 bits per heavy atom. The lowest BCUT2D eigenvalue weighted by atomic mass is 10.2. The molecule has 0 bridgehead atoms. The minimum Gasteiger partial charge on any atom is -0.467 e. The van der Waals surface area contributed by atoms with Crippen LogP contribution in [0.15, 0.2) is 68.5 Å². The third-order valence-electron chi connectivity index (χ3n) is 3.41. The van der Waals surface area contributed by atoms with E-state index in [1.54, 1.807) is 30.5 Å².